The number of aryl methyl sites for hydroxylation is 3. The van der Waals surface area contributed by atoms with E-state index >= 15 is 0 Å². The SMILES string of the molecule is Cc1cc(Br)cc(C)c1NCc1nn(C)c2ccccc12. The van der Waals surface area contributed by atoms with E-state index in [0.29, 0.717) is 0 Å². The molecule has 0 saturated carbocycles. The lowest BCUT2D eigenvalue weighted by atomic mass is 10.1. The molecule has 1 N–H and O–H groups in total. The fraction of sp³-hybridized carbons (Fsp3) is 0.235. The molecule has 2 aromatic carbocycles. The highest BCUT2D eigenvalue weighted by molar-refractivity contribution is 9.10. The average Bonchev–Trinajstić information content (AvgIpc) is 2.75. The Labute approximate surface area is 133 Å². The number of nitrogens with one attached hydrogen (secondary N) is 1. The largest absolute Gasteiger partial charge is 0.379 e. The first-order valence-corrected chi connectivity index (χ1v) is 7.77. The Morgan fingerprint density at radius 3 is 2.52 bits per heavy atom. The van der Waals surface area contributed by atoms with Crippen molar-refractivity contribution in [1.82, 2.24) is 9.78 Å². The van der Waals surface area contributed by atoms with Gasteiger partial charge in [0, 0.05) is 22.6 Å². The van der Waals surface area contributed by atoms with Gasteiger partial charge in [0.15, 0.2) is 0 Å². The second-order valence-electron chi connectivity index (χ2n) is 5.36. The molecule has 0 aliphatic rings. The summed E-state index contributed by atoms with van der Waals surface area (Å²) in [4.78, 5) is 0. The summed E-state index contributed by atoms with van der Waals surface area (Å²) in [5.41, 5.74) is 5.91. The molecule has 3 aromatic rings. The van der Waals surface area contributed by atoms with Crippen molar-refractivity contribution >= 4 is 32.5 Å². The molecule has 3 rings (SSSR count). The third kappa shape index (κ3) is 2.68. The number of nitrogens with zero attached hydrogens (tertiary/aromatic N) is 2. The highest BCUT2D eigenvalue weighted by Crippen LogP contribution is 2.26. The van der Waals surface area contributed by atoms with Gasteiger partial charge in [0.25, 0.3) is 0 Å². The molecule has 21 heavy (non-hydrogen) atoms. The third-order valence-corrected chi connectivity index (χ3v) is 4.22. The van der Waals surface area contributed by atoms with E-state index in [1.54, 1.807) is 0 Å². The molecule has 0 unspecified atom stereocenters. The molecule has 0 saturated heterocycles. The van der Waals surface area contributed by atoms with Gasteiger partial charge in [-0.15, -0.1) is 0 Å². The maximum atomic E-state index is 4.63. The van der Waals surface area contributed by atoms with Crippen molar-refractivity contribution in [2.45, 2.75) is 20.4 Å². The van der Waals surface area contributed by atoms with E-state index in [2.05, 4.69) is 70.5 Å². The molecule has 0 spiro atoms. The third-order valence-electron chi connectivity index (χ3n) is 3.76. The Bertz CT molecular complexity index is 782. The standard InChI is InChI=1S/C17H18BrN3/c1-11-8-13(18)9-12(2)17(11)19-10-15-14-6-4-5-7-16(14)21(3)20-15/h4-9,19H,10H2,1-3H3. The smallest absolute Gasteiger partial charge is 0.0894 e. The number of hydrogen-bond acceptors (Lipinski definition) is 2. The van der Waals surface area contributed by atoms with Crippen LogP contribution in [0.5, 0.6) is 0 Å². The summed E-state index contributed by atoms with van der Waals surface area (Å²) >= 11 is 3.54. The first-order chi connectivity index (χ1) is 10.1. The molecule has 108 valence electrons. The van der Waals surface area contributed by atoms with Crippen LogP contribution in [0.3, 0.4) is 0 Å². The van der Waals surface area contributed by atoms with Gasteiger partial charge in [0.05, 0.1) is 17.8 Å². The second-order valence-corrected chi connectivity index (χ2v) is 6.27. The van der Waals surface area contributed by atoms with E-state index in [4.69, 9.17) is 0 Å². The molecular weight excluding hydrogens is 326 g/mol. The minimum Gasteiger partial charge on any atom is -0.379 e. The van der Waals surface area contributed by atoms with Crippen LogP contribution < -0.4 is 5.32 Å². The zero-order chi connectivity index (χ0) is 15.0. The van der Waals surface area contributed by atoms with Crippen molar-refractivity contribution in [3.8, 4) is 0 Å². The summed E-state index contributed by atoms with van der Waals surface area (Å²) < 4.78 is 3.06. The monoisotopic (exact) mass is 343 g/mol. The highest BCUT2D eigenvalue weighted by atomic mass is 79.9. The lowest BCUT2D eigenvalue weighted by Crippen LogP contribution is -2.04. The summed E-state index contributed by atoms with van der Waals surface area (Å²) in [6.07, 6.45) is 0. The number of benzene rings is 2. The summed E-state index contributed by atoms with van der Waals surface area (Å²) in [7, 11) is 1.99. The Balaban J connectivity index is 1.91. The Morgan fingerprint density at radius 2 is 1.81 bits per heavy atom. The molecule has 0 aliphatic heterocycles. The molecular formula is C17H18BrN3. The first kappa shape index (κ1) is 14.1. The lowest BCUT2D eigenvalue weighted by molar-refractivity contribution is 0.771. The van der Waals surface area contributed by atoms with Crippen LogP contribution in [0.4, 0.5) is 5.69 Å². The predicted molar refractivity (Wildman–Crippen MR) is 91.7 cm³/mol. The van der Waals surface area contributed by atoms with Crippen molar-refractivity contribution in [1.29, 1.82) is 0 Å². The summed E-state index contributed by atoms with van der Waals surface area (Å²) in [5, 5.41) is 9.37. The minimum absolute atomic E-state index is 0.727. The van der Waals surface area contributed by atoms with Crippen LogP contribution in [-0.2, 0) is 13.6 Å². The van der Waals surface area contributed by atoms with E-state index in [9.17, 15) is 0 Å². The molecule has 1 heterocycles. The molecule has 0 aliphatic carbocycles. The minimum atomic E-state index is 0.727. The summed E-state index contributed by atoms with van der Waals surface area (Å²) in [5.74, 6) is 0. The molecule has 0 fully saturated rings. The predicted octanol–water partition coefficient (Wildman–Crippen LogP) is 4.56. The van der Waals surface area contributed by atoms with E-state index in [1.165, 1.54) is 27.7 Å². The molecule has 0 amide bonds. The van der Waals surface area contributed by atoms with Gasteiger partial charge in [-0.2, -0.15) is 5.10 Å². The van der Waals surface area contributed by atoms with Crippen LogP contribution in [0.15, 0.2) is 40.9 Å². The average molecular weight is 344 g/mol. The first-order valence-electron chi connectivity index (χ1n) is 6.97. The normalized spacial score (nSPS) is 11.0. The number of aromatic nitrogens is 2. The fourth-order valence-corrected chi connectivity index (χ4v) is 3.47. The van der Waals surface area contributed by atoms with Gasteiger partial charge in [0.1, 0.15) is 0 Å². The maximum absolute atomic E-state index is 4.63. The molecule has 0 radical (unpaired) electrons. The maximum Gasteiger partial charge on any atom is 0.0894 e. The topological polar surface area (TPSA) is 29.9 Å². The number of anilines is 1. The van der Waals surface area contributed by atoms with Gasteiger partial charge >= 0.3 is 0 Å². The van der Waals surface area contributed by atoms with Crippen LogP contribution in [0, 0.1) is 13.8 Å². The number of fused-ring (bicyclic) bond motifs is 1. The molecule has 0 atom stereocenters. The fourth-order valence-electron chi connectivity index (χ4n) is 2.78. The van der Waals surface area contributed by atoms with Crippen LogP contribution >= 0.6 is 15.9 Å². The number of halogens is 1. The van der Waals surface area contributed by atoms with Crippen molar-refractivity contribution < 1.29 is 0 Å². The van der Waals surface area contributed by atoms with Crippen LogP contribution in [0.25, 0.3) is 10.9 Å². The zero-order valence-corrected chi connectivity index (χ0v) is 14.0. The zero-order valence-electron chi connectivity index (χ0n) is 12.4. The number of para-hydroxylation sites is 1. The Hall–Kier alpha value is -1.81. The van der Waals surface area contributed by atoms with Gasteiger partial charge in [-0.1, -0.05) is 34.1 Å². The Morgan fingerprint density at radius 1 is 1.14 bits per heavy atom. The number of rotatable bonds is 3. The quantitative estimate of drug-likeness (QED) is 0.755. The van der Waals surface area contributed by atoms with Gasteiger partial charge in [-0.05, 0) is 43.2 Å². The molecule has 3 nitrogen and oxygen atoms in total. The van der Waals surface area contributed by atoms with E-state index in [-0.39, 0.29) is 0 Å². The second kappa shape index (κ2) is 5.53. The van der Waals surface area contributed by atoms with E-state index in [1.807, 2.05) is 17.8 Å². The van der Waals surface area contributed by atoms with Gasteiger partial charge in [-0.25, -0.2) is 0 Å². The van der Waals surface area contributed by atoms with Crippen molar-refractivity contribution in [2.24, 2.45) is 7.05 Å². The molecule has 4 heteroatoms. The van der Waals surface area contributed by atoms with Crippen LogP contribution in [-0.4, -0.2) is 9.78 Å². The molecule has 1 aromatic heterocycles. The molecule has 0 bridgehead atoms. The summed E-state index contributed by atoms with van der Waals surface area (Å²) in [6.45, 7) is 4.97. The van der Waals surface area contributed by atoms with E-state index in [0.717, 1.165) is 16.7 Å². The van der Waals surface area contributed by atoms with E-state index < -0.39 is 0 Å². The van der Waals surface area contributed by atoms with Gasteiger partial charge in [0.2, 0.25) is 0 Å². The van der Waals surface area contributed by atoms with Gasteiger partial charge in [-0.3, -0.25) is 4.68 Å². The van der Waals surface area contributed by atoms with Crippen molar-refractivity contribution in [3.05, 3.63) is 57.7 Å². The Kier molecular flexibility index (Phi) is 3.72. The highest BCUT2D eigenvalue weighted by Gasteiger charge is 2.09. The van der Waals surface area contributed by atoms with Crippen molar-refractivity contribution in [2.75, 3.05) is 5.32 Å². The summed E-state index contributed by atoms with van der Waals surface area (Å²) in [6, 6.07) is 12.6. The van der Waals surface area contributed by atoms with Crippen molar-refractivity contribution in [3.63, 3.8) is 0 Å². The van der Waals surface area contributed by atoms with Crippen LogP contribution in [0.1, 0.15) is 16.8 Å². The lowest BCUT2D eigenvalue weighted by Gasteiger charge is -2.12. The number of hydrogen-bond donors (Lipinski definition) is 1. The van der Waals surface area contributed by atoms with Gasteiger partial charge < -0.3 is 5.32 Å². The van der Waals surface area contributed by atoms with Crippen LogP contribution in [0.2, 0.25) is 0 Å².